The zero-order chi connectivity index (χ0) is 27.5. The van der Waals surface area contributed by atoms with Crippen molar-refractivity contribution >= 4 is 39.4 Å². The number of hydrogen-bond donors (Lipinski definition) is 3. The Hall–Kier alpha value is -3.91. The quantitative estimate of drug-likeness (QED) is 0.301. The van der Waals surface area contributed by atoms with Crippen molar-refractivity contribution in [2.24, 2.45) is 0 Å². The van der Waals surface area contributed by atoms with Gasteiger partial charge in [0.05, 0.1) is 77.9 Å². The molecule has 204 valence electrons. The van der Waals surface area contributed by atoms with Crippen LogP contribution in [0.15, 0.2) is 43.0 Å². The summed E-state index contributed by atoms with van der Waals surface area (Å²) in [6.45, 7) is 4.80. The molecule has 39 heavy (non-hydrogen) atoms. The van der Waals surface area contributed by atoms with Gasteiger partial charge >= 0.3 is 0 Å². The zero-order valence-corrected chi connectivity index (χ0v) is 22.6. The van der Waals surface area contributed by atoms with Crippen LogP contribution >= 0.6 is 11.3 Å². The molecule has 0 spiro atoms. The smallest absolute Gasteiger partial charge is 0.260 e. The molecule has 5 rings (SSSR count). The summed E-state index contributed by atoms with van der Waals surface area (Å²) < 4.78 is 12.7. The normalized spacial score (nSPS) is 17.7. The summed E-state index contributed by atoms with van der Waals surface area (Å²) in [5, 5.41) is 19.5. The number of carbonyl (C=O) groups is 2. The summed E-state index contributed by atoms with van der Waals surface area (Å²) in [5.41, 5.74) is 2.75. The van der Waals surface area contributed by atoms with E-state index < -0.39 is 0 Å². The summed E-state index contributed by atoms with van der Waals surface area (Å²) in [7, 11) is 1.56. The topological polar surface area (TPSA) is 143 Å². The molecule has 2 amide bonds. The molecule has 0 saturated carbocycles. The van der Waals surface area contributed by atoms with Crippen LogP contribution in [0.2, 0.25) is 0 Å². The predicted octanol–water partition coefficient (Wildman–Crippen LogP) is 2.44. The van der Waals surface area contributed by atoms with Crippen molar-refractivity contribution < 1.29 is 24.2 Å². The number of aliphatic hydroxyl groups excluding tert-OH is 1. The number of ether oxygens (including phenoxy) is 2. The first-order chi connectivity index (χ1) is 18.8. The predicted molar refractivity (Wildman–Crippen MR) is 146 cm³/mol. The number of morpholine rings is 1. The molecule has 2 atom stereocenters. The molecule has 13 heteroatoms. The van der Waals surface area contributed by atoms with Crippen molar-refractivity contribution in [3.05, 3.63) is 54.2 Å². The van der Waals surface area contributed by atoms with Gasteiger partial charge in [-0.15, -0.1) is 11.3 Å². The Morgan fingerprint density at radius 2 is 2.10 bits per heavy atom. The van der Waals surface area contributed by atoms with Crippen molar-refractivity contribution in [3.8, 4) is 16.3 Å². The van der Waals surface area contributed by atoms with Gasteiger partial charge in [0.25, 0.3) is 5.91 Å². The minimum absolute atomic E-state index is 0.0762. The molecule has 4 aromatic rings. The fourth-order valence-corrected chi connectivity index (χ4v) is 5.57. The maximum atomic E-state index is 13.2. The number of fused-ring (bicyclic) bond motifs is 1. The third-order valence-corrected chi connectivity index (χ3v) is 7.41. The van der Waals surface area contributed by atoms with Crippen LogP contribution < -0.4 is 15.4 Å². The lowest BCUT2D eigenvalue weighted by Crippen LogP contribution is -2.50. The molecular formula is C26H29N7O5S. The van der Waals surface area contributed by atoms with Gasteiger partial charge in [-0.05, 0) is 32.0 Å². The lowest BCUT2D eigenvalue weighted by atomic mass is 10.2. The number of anilines is 2. The molecule has 1 aliphatic rings. The van der Waals surface area contributed by atoms with Crippen LogP contribution in [0.4, 0.5) is 11.4 Å². The van der Waals surface area contributed by atoms with E-state index in [2.05, 4.69) is 25.7 Å². The molecule has 0 aromatic carbocycles. The standard InChI is InChI=1S/C26H29N7O5S/c1-15-10-32(11-18(14-34)38-15)13-23(35)30-17-7-21(16(2)28-8-17)31-24(36)20-9-29-33-12-22(39-26(20)33)19-5-4-6-27-25(19)37-3/h4-9,12,15,18,34H,10-11,13-14H2,1-3H3,(H,30,35)(H,31,36)/t15-,18+/m0/s1. The van der Waals surface area contributed by atoms with Crippen molar-refractivity contribution in [3.63, 3.8) is 0 Å². The monoisotopic (exact) mass is 551 g/mol. The molecule has 3 N–H and O–H groups in total. The minimum Gasteiger partial charge on any atom is -0.481 e. The van der Waals surface area contributed by atoms with E-state index in [1.165, 1.54) is 17.5 Å². The number of aromatic nitrogens is 4. The summed E-state index contributed by atoms with van der Waals surface area (Å²) in [6, 6.07) is 5.40. The second-order valence-electron chi connectivity index (χ2n) is 9.27. The number of rotatable bonds is 8. The van der Waals surface area contributed by atoms with Gasteiger partial charge in [0.1, 0.15) is 4.83 Å². The Bertz CT molecular complexity index is 1500. The molecule has 0 unspecified atom stereocenters. The third kappa shape index (κ3) is 5.91. The number of nitrogens with zero attached hydrogens (tertiary/aromatic N) is 5. The van der Waals surface area contributed by atoms with Crippen LogP contribution in [0.25, 0.3) is 15.3 Å². The molecule has 4 aromatic heterocycles. The SMILES string of the molecule is COc1ncccc1-c1cn2ncc(C(=O)Nc3cc(NC(=O)CN4C[C@H](CO)O[C@@H](C)C4)cnc3C)c2s1. The van der Waals surface area contributed by atoms with E-state index in [4.69, 9.17) is 9.47 Å². The second kappa shape index (κ2) is 11.5. The fourth-order valence-electron chi connectivity index (χ4n) is 4.50. The largest absolute Gasteiger partial charge is 0.481 e. The average Bonchev–Trinajstić information content (AvgIpc) is 3.51. The Kier molecular flexibility index (Phi) is 7.84. The maximum Gasteiger partial charge on any atom is 0.260 e. The van der Waals surface area contributed by atoms with Crippen LogP contribution in [-0.2, 0) is 9.53 Å². The van der Waals surface area contributed by atoms with E-state index in [0.717, 1.165) is 10.4 Å². The Labute approximate surface area is 228 Å². The molecule has 12 nitrogen and oxygen atoms in total. The number of hydrogen-bond acceptors (Lipinski definition) is 10. The maximum absolute atomic E-state index is 13.2. The molecular weight excluding hydrogens is 522 g/mol. The van der Waals surface area contributed by atoms with E-state index in [0.29, 0.717) is 46.4 Å². The van der Waals surface area contributed by atoms with Crippen LogP contribution in [0.3, 0.4) is 0 Å². The highest BCUT2D eigenvalue weighted by atomic mass is 32.1. The fraction of sp³-hybridized carbons (Fsp3) is 0.346. The average molecular weight is 552 g/mol. The number of nitrogens with one attached hydrogen (secondary N) is 2. The van der Waals surface area contributed by atoms with E-state index in [9.17, 15) is 14.7 Å². The first-order valence-corrected chi connectivity index (χ1v) is 13.2. The van der Waals surface area contributed by atoms with E-state index in [1.807, 2.05) is 30.2 Å². The highest BCUT2D eigenvalue weighted by Crippen LogP contribution is 2.35. The van der Waals surface area contributed by atoms with E-state index in [1.54, 1.807) is 37.0 Å². The number of aliphatic hydroxyl groups is 1. The number of carbonyl (C=O) groups excluding carboxylic acids is 2. The van der Waals surface area contributed by atoms with Crippen molar-refractivity contribution in [1.29, 1.82) is 0 Å². The number of thiazole rings is 1. The van der Waals surface area contributed by atoms with Gasteiger partial charge in [0.15, 0.2) is 0 Å². The van der Waals surface area contributed by atoms with Gasteiger partial charge in [0, 0.05) is 25.5 Å². The molecule has 1 saturated heterocycles. The van der Waals surface area contributed by atoms with E-state index >= 15 is 0 Å². The lowest BCUT2D eigenvalue weighted by molar-refractivity contribution is -0.124. The number of aryl methyl sites for hydroxylation is 1. The molecule has 0 radical (unpaired) electrons. The molecule has 1 fully saturated rings. The van der Waals surface area contributed by atoms with Gasteiger partial charge in [-0.3, -0.25) is 19.5 Å². The second-order valence-corrected chi connectivity index (χ2v) is 10.3. The minimum atomic E-state index is -0.345. The summed E-state index contributed by atoms with van der Waals surface area (Å²) >= 11 is 1.40. The first-order valence-electron chi connectivity index (χ1n) is 12.4. The highest BCUT2D eigenvalue weighted by Gasteiger charge is 2.26. The molecule has 0 bridgehead atoms. The Morgan fingerprint density at radius 1 is 1.26 bits per heavy atom. The van der Waals surface area contributed by atoms with Crippen LogP contribution in [0.1, 0.15) is 23.0 Å². The number of pyridine rings is 2. The first kappa shape index (κ1) is 26.7. The van der Waals surface area contributed by atoms with Gasteiger partial charge < -0.3 is 25.2 Å². The Balaban J connectivity index is 1.29. The van der Waals surface area contributed by atoms with Crippen LogP contribution in [0.5, 0.6) is 5.88 Å². The highest BCUT2D eigenvalue weighted by molar-refractivity contribution is 7.21. The summed E-state index contributed by atoms with van der Waals surface area (Å²) in [4.78, 5) is 38.0. The van der Waals surface area contributed by atoms with Crippen molar-refractivity contribution in [1.82, 2.24) is 24.5 Å². The molecule has 5 heterocycles. The molecule has 0 aliphatic carbocycles. The van der Waals surface area contributed by atoms with Crippen molar-refractivity contribution in [2.45, 2.75) is 26.1 Å². The van der Waals surface area contributed by atoms with E-state index in [-0.39, 0.29) is 37.2 Å². The summed E-state index contributed by atoms with van der Waals surface area (Å²) in [5.74, 6) is -0.0776. The van der Waals surface area contributed by atoms with Gasteiger partial charge in [-0.25, -0.2) is 9.50 Å². The van der Waals surface area contributed by atoms with Gasteiger partial charge in [-0.2, -0.15) is 5.10 Å². The Morgan fingerprint density at radius 3 is 2.90 bits per heavy atom. The van der Waals surface area contributed by atoms with Crippen LogP contribution in [-0.4, -0.2) is 87.0 Å². The van der Waals surface area contributed by atoms with Crippen molar-refractivity contribution in [2.75, 3.05) is 44.0 Å². The lowest BCUT2D eigenvalue weighted by Gasteiger charge is -2.35. The summed E-state index contributed by atoms with van der Waals surface area (Å²) in [6.07, 6.45) is 6.16. The van der Waals surface area contributed by atoms with Gasteiger partial charge in [0.2, 0.25) is 11.8 Å². The van der Waals surface area contributed by atoms with Gasteiger partial charge in [-0.1, -0.05) is 0 Å². The number of methoxy groups -OCH3 is 1. The van der Waals surface area contributed by atoms with Crippen LogP contribution in [0, 0.1) is 6.92 Å². The zero-order valence-electron chi connectivity index (χ0n) is 21.7. The third-order valence-electron chi connectivity index (χ3n) is 6.26. The molecule has 1 aliphatic heterocycles. The number of amides is 2.